The molecule has 2 rings (SSSR count). The van der Waals surface area contributed by atoms with Gasteiger partial charge in [-0.2, -0.15) is 0 Å². The molecule has 1 saturated carbocycles. The van der Waals surface area contributed by atoms with Crippen molar-refractivity contribution in [3.63, 3.8) is 0 Å². The van der Waals surface area contributed by atoms with Crippen LogP contribution in [-0.4, -0.2) is 49.1 Å². The lowest BCUT2D eigenvalue weighted by molar-refractivity contribution is 0.166. The third kappa shape index (κ3) is 4.97. The summed E-state index contributed by atoms with van der Waals surface area (Å²) in [6.45, 7) is 8.69. The molecule has 1 atom stereocenters. The van der Waals surface area contributed by atoms with Crippen LogP contribution in [0.25, 0.3) is 0 Å². The van der Waals surface area contributed by atoms with Gasteiger partial charge in [0.15, 0.2) is 5.96 Å². The lowest BCUT2D eigenvalue weighted by Crippen LogP contribution is -2.43. The Bertz CT molecular complexity index is 297. The first kappa shape index (κ1) is 15.6. The molecule has 0 spiro atoms. The zero-order valence-corrected chi connectivity index (χ0v) is 13.3. The van der Waals surface area contributed by atoms with E-state index in [2.05, 4.69) is 29.4 Å². The van der Waals surface area contributed by atoms with Crippen molar-refractivity contribution in [3.05, 3.63) is 0 Å². The van der Waals surface area contributed by atoms with E-state index in [0.717, 1.165) is 31.6 Å². The van der Waals surface area contributed by atoms with Gasteiger partial charge in [0.1, 0.15) is 0 Å². The van der Waals surface area contributed by atoms with Crippen molar-refractivity contribution in [2.45, 2.75) is 70.9 Å². The lowest BCUT2D eigenvalue weighted by atomic mass is 10.0. The van der Waals surface area contributed by atoms with Crippen LogP contribution in [0.15, 0.2) is 4.99 Å². The fraction of sp³-hybridized carbons (Fsp3) is 0.938. The molecule has 2 aliphatic rings. The molecule has 0 aromatic rings. The number of aliphatic imine (C=N–C) groups is 1. The van der Waals surface area contributed by atoms with Crippen LogP contribution in [0.4, 0.5) is 0 Å². The monoisotopic (exact) mass is 280 g/mol. The van der Waals surface area contributed by atoms with Crippen LogP contribution < -0.4 is 10.6 Å². The second kappa shape index (κ2) is 8.50. The fourth-order valence-electron chi connectivity index (χ4n) is 3.36. The van der Waals surface area contributed by atoms with Crippen LogP contribution in [0, 0.1) is 0 Å². The van der Waals surface area contributed by atoms with E-state index in [9.17, 15) is 0 Å². The largest absolute Gasteiger partial charge is 0.357 e. The first-order valence-corrected chi connectivity index (χ1v) is 8.58. The topological polar surface area (TPSA) is 39.7 Å². The van der Waals surface area contributed by atoms with Crippen molar-refractivity contribution in [2.24, 2.45) is 4.99 Å². The highest BCUT2D eigenvalue weighted by Gasteiger charge is 2.18. The van der Waals surface area contributed by atoms with Gasteiger partial charge in [0.2, 0.25) is 0 Å². The minimum atomic E-state index is 0.640. The molecular weight excluding hydrogens is 248 g/mol. The highest BCUT2D eigenvalue weighted by Crippen LogP contribution is 2.17. The summed E-state index contributed by atoms with van der Waals surface area (Å²) in [6, 6.07) is 1.38. The van der Waals surface area contributed by atoms with E-state index in [-0.39, 0.29) is 0 Å². The number of rotatable bonds is 5. The first-order valence-electron chi connectivity index (χ1n) is 8.58. The molecule has 0 bridgehead atoms. The minimum Gasteiger partial charge on any atom is -0.357 e. The normalized spacial score (nSPS) is 25.9. The Labute approximate surface area is 124 Å². The molecule has 1 saturated heterocycles. The van der Waals surface area contributed by atoms with E-state index in [1.54, 1.807) is 0 Å². The van der Waals surface area contributed by atoms with Gasteiger partial charge < -0.3 is 10.6 Å². The Morgan fingerprint density at radius 3 is 2.60 bits per heavy atom. The van der Waals surface area contributed by atoms with Crippen molar-refractivity contribution >= 4 is 5.96 Å². The predicted molar refractivity (Wildman–Crippen MR) is 86.3 cm³/mol. The Balaban J connectivity index is 1.75. The summed E-state index contributed by atoms with van der Waals surface area (Å²) >= 11 is 0. The van der Waals surface area contributed by atoms with Gasteiger partial charge in [-0.1, -0.05) is 19.3 Å². The average Bonchev–Trinajstić information content (AvgIpc) is 2.94. The van der Waals surface area contributed by atoms with E-state index in [1.807, 2.05) is 0 Å². The number of hydrogen-bond acceptors (Lipinski definition) is 2. The molecule has 1 aliphatic heterocycles. The molecule has 0 amide bonds. The standard InChI is InChI=1S/C16H32N4/c1-3-17-16(19-15-9-4-5-10-15)18-11-13-20-12-7-6-8-14(20)2/h14-15H,3-13H2,1-2H3,(H2,17,18,19). The van der Waals surface area contributed by atoms with E-state index in [4.69, 9.17) is 4.99 Å². The van der Waals surface area contributed by atoms with E-state index < -0.39 is 0 Å². The van der Waals surface area contributed by atoms with Crippen molar-refractivity contribution in [1.82, 2.24) is 15.5 Å². The van der Waals surface area contributed by atoms with Gasteiger partial charge in [-0.15, -0.1) is 0 Å². The average molecular weight is 280 g/mol. The number of likely N-dealkylation sites (tertiary alicyclic amines) is 1. The van der Waals surface area contributed by atoms with Crippen LogP contribution in [0.5, 0.6) is 0 Å². The van der Waals surface area contributed by atoms with Crippen molar-refractivity contribution in [3.8, 4) is 0 Å². The molecule has 20 heavy (non-hydrogen) atoms. The number of nitrogens with one attached hydrogen (secondary N) is 2. The van der Waals surface area contributed by atoms with Crippen LogP contribution in [0.2, 0.25) is 0 Å². The van der Waals surface area contributed by atoms with Gasteiger partial charge in [-0.25, -0.2) is 0 Å². The number of hydrogen-bond donors (Lipinski definition) is 2. The summed E-state index contributed by atoms with van der Waals surface area (Å²) in [6.07, 6.45) is 9.43. The lowest BCUT2D eigenvalue weighted by Gasteiger charge is -2.32. The van der Waals surface area contributed by atoms with Gasteiger partial charge in [0.25, 0.3) is 0 Å². The van der Waals surface area contributed by atoms with Gasteiger partial charge in [-0.05, 0) is 46.1 Å². The zero-order chi connectivity index (χ0) is 14.2. The van der Waals surface area contributed by atoms with E-state index in [0.29, 0.717) is 6.04 Å². The van der Waals surface area contributed by atoms with Gasteiger partial charge in [-0.3, -0.25) is 9.89 Å². The molecule has 0 aromatic carbocycles. The molecule has 1 unspecified atom stereocenters. The Morgan fingerprint density at radius 1 is 1.15 bits per heavy atom. The second-order valence-electron chi connectivity index (χ2n) is 6.27. The van der Waals surface area contributed by atoms with E-state index >= 15 is 0 Å². The molecule has 1 heterocycles. The Hall–Kier alpha value is -0.770. The number of piperidine rings is 1. The molecule has 4 heteroatoms. The van der Waals surface area contributed by atoms with E-state index in [1.165, 1.54) is 51.5 Å². The molecule has 2 fully saturated rings. The van der Waals surface area contributed by atoms with Crippen LogP contribution in [0.1, 0.15) is 58.8 Å². The van der Waals surface area contributed by atoms with Gasteiger partial charge in [0, 0.05) is 25.2 Å². The van der Waals surface area contributed by atoms with Crippen molar-refractivity contribution in [2.75, 3.05) is 26.2 Å². The molecule has 4 nitrogen and oxygen atoms in total. The fourth-order valence-corrected chi connectivity index (χ4v) is 3.36. The summed E-state index contributed by atoms with van der Waals surface area (Å²) in [7, 11) is 0. The summed E-state index contributed by atoms with van der Waals surface area (Å²) in [4.78, 5) is 7.35. The Morgan fingerprint density at radius 2 is 1.90 bits per heavy atom. The van der Waals surface area contributed by atoms with Crippen molar-refractivity contribution in [1.29, 1.82) is 0 Å². The summed E-state index contributed by atoms with van der Waals surface area (Å²) in [5, 5.41) is 6.97. The molecule has 1 aliphatic carbocycles. The smallest absolute Gasteiger partial charge is 0.191 e. The SMILES string of the molecule is CCNC(=NCCN1CCCCC1C)NC1CCCC1. The number of nitrogens with zero attached hydrogens (tertiary/aromatic N) is 2. The van der Waals surface area contributed by atoms with Gasteiger partial charge in [0.05, 0.1) is 6.54 Å². The summed E-state index contributed by atoms with van der Waals surface area (Å²) < 4.78 is 0. The second-order valence-corrected chi connectivity index (χ2v) is 6.27. The maximum Gasteiger partial charge on any atom is 0.191 e. The maximum absolute atomic E-state index is 4.76. The maximum atomic E-state index is 4.76. The molecular formula is C16H32N4. The van der Waals surface area contributed by atoms with Crippen LogP contribution in [0.3, 0.4) is 0 Å². The third-order valence-corrected chi connectivity index (χ3v) is 4.64. The van der Waals surface area contributed by atoms with Crippen LogP contribution >= 0.6 is 0 Å². The Kier molecular flexibility index (Phi) is 6.64. The first-order chi connectivity index (χ1) is 9.79. The number of guanidine groups is 1. The quantitative estimate of drug-likeness (QED) is 0.600. The van der Waals surface area contributed by atoms with Crippen molar-refractivity contribution < 1.29 is 0 Å². The molecule has 0 radical (unpaired) electrons. The van der Waals surface area contributed by atoms with Crippen LogP contribution in [-0.2, 0) is 0 Å². The molecule has 2 N–H and O–H groups in total. The highest BCUT2D eigenvalue weighted by atomic mass is 15.2. The zero-order valence-electron chi connectivity index (χ0n) is 13.3. The van der Waals surface area contributed by atoms with Gasteiger partial charge >= 0.3 is 0 Å². The minimum absolute atomic E-state index is 0.640. The highest BCUT2D eigenvalue weighted by molar-refractivity contribution is 5.80. The molecule has 0 aromatic heterocycles. The molecule has 116 valence electrons. The predicted octanol–water partition coefficient (Wildman–Crippen LogP) is 2.36. The third-order valence-electron chi connectivity index (χ3n) is 4.64. The summed E-state index contributed by atoms with van der Waals surface area (Å²) in [5.74, 6) is 1.02. The summed E-state index contributed by atoms with van der Waals surface area (Å²) in [5.41, 5.74) is 0.